The molecule has 1 heterocycles. The number of amides is 1. The van der Waals surface area contributed by atoms with Crippen LogP contribution >= 0.6 is 23.2 Å². The van der Waals surface area contributed by atoms with Gasteiger partial charge in [-0.2, -0.15) is 0 Å². The maximum atomic E-state index is 12.7. The third-order valence-corrected chi connectivity index (χ3v) is 4.27. The number of carbonyl (C=O) groups is 1. The number of carbonyl (C=O) groups excluding carboxylic acids is 1. The monoisotopic (exact) mass is 389 g/mol. The zero-order chi connectivity index (χ0) is 18.4. The molecule has 0 fully saturated rings. The van der Waals surface area contributed by atoms with Gasteiger partial charge in [-0.15, -0.1) is 0 Å². The highest BCUT2D eigenvalue weighted by Gasteiger charge is 2.17. The van der Waals surface area contributed by atoms with E-state index in [4.69, 9.17) is 32.4 Å². The number of hydrogen-bond acceptors (Lipinski definition) is 3. The van der Waals surface area contributed by atoms with Crippen molar-refractivity contribution in [1.29, 1.82) is 0 Å². The molecule has 1 amide bonds. The van der Waals surface area contributed by atoms with Gasteiger partial charge in [0.05, 0.1) is 17.8 Å². The quantitative estimate of drug-likeness (QED) is 0.557. The molecule has 0 saturated carbocycles. The van der Waals surface area contributed by atoms with Gasteiger partial charge in [-0.05, 0) is 35.9 Å². The van der Waals surface area contributed by atoms with E-state index in [9.17, 15) is 4.79 Å². The third kappa shape index (κ3) is 5.04. The summed E-state index contributed by atoms with van der Waals surface area (Å²) in [7, 11) is 0. The first kappa shape index (κ1) is 18.4. The zero-order valence-electron chi connectivity index (χ0n) is 13.9. The van der Waals surface area contributed by atoms with Crippen molar-refractivity contribution < 1.29 is 13.9 Å². The molecule has 0 spiro atoms. The van der Waals surface area contributed by atoms with Gasteiger partial charge in [-0.3, -0.25) is 4.79 Å². The Bertz CT molecular complexity index is 851. The largest absolute Gasteiger partial charge is 0.482 e. The maximum absolute atomic E-state index is 12.7. The van der Waals surface area contributed by atoms with E-state index in [1.54, 1.807) is 35.4 Å². The van der Waals surface area contributed by atoms with E-state index in [0.717, 1.165) is 5.56 Å². The predicted octanol–water partition coefficient (Wildman–Crippen LogP) is 5.19. The lowest BCUT2D eigenvalue weighted by molar-refractivity contribution is -0.134. The molecule has 26 heavy (non-hydrogen) atoms. The van der Waals surface area contributed by atoms with Gasteiger partial charge in [0.1, 0.15) is 11.5 Å². The molecule has 0 unspecified atom stereocenters. The van der Waals surface area contributed by atoms with Crippen LogP contribution in [0.15, 0.2) is 71.3 Å². The molecule has 3 rings (SSSR count). The van der Waals surface area contributed by atoms with E-state index in [0.29, 0.717) is 34.6 Å². The Morgan fingerprint density at radius 2 is 1.81 bits per heavy atom. The predicted molar refractivity (Wildman–Crippen MR) is 101 cm³/mol. The van der Waals surface area contributed by atoms with Gasteiger partial charge in [-0.25, -0.2) is 0 Å². The molecule has 4 nitrogen and oxygen atoms in total. The molecule has 0 N–H and O–H groups in total. The van der Waals surface area contributed by atoms with Crippen LogP contribution in [0.25, 0.3) is 0 Å². The Hall–Kier alpha value is -2.43. The van der Waals surface area contributed by atoms with E-state index in [2.05, 4.69) is 0 Å². The van der Waals surface area contributed by atoms with E-state index in [1.807, 2.05) is 36.4 Å². The van der Waals surface area contributed by atoms with Crippen molar-refractivity contribution >= 4 is 29.1 Å². The van der Waals surface area contributed by atoms with Crippen molar-refractivity contribution in [3.05, 3.63) is 88.3 Å². The Morgan fingerprint density at radius 1 is 1.00 bits per heavy atom. The molecule has 3 aromatic rings. The van der Waals surface area contributed by atoms with Crippen LogP contribution in [0.5, 0.6) is 5.75 Å². The van der Waals surface area contributed by atoms with Crippen molar-refractivity contribution in [2.24, 2.45) is 0 Å². The first-order valence-corrected chi connectivity index (χ1v) is 8.79. The molecule has 6 heteroatoms. The van der Waals surface area contributed by atoms with Crippen LogP contribution in [-0.2, 0) is 17.9 Å². The smallest absolute Gasteiger partial charge is 0.261 e. The Labute approximate surface area is 161 Å². The number of ether oxygens (including phenoxy) is 1. The van der Waals surface area contributed by atoms with Gasteiger partial charge < -0.3 is 14.1 Å². The van der Waals surface area contributed by atoms with Crippen LogP contribution < -0.4 is 4.74 Å². The minimum absolute atomic E-state index is 0.130. The Morgan fingerprint density at radius 3 is 2.50 bits per heavy atom. The lowest BCUT2D eigenvalue weighted by Gasteiger charge is -2.22. The SMILES string of the molecule is O=C(COc1ccc(Cl)cc1Cl)N(Cc1ccccc1)Cc1ccco1. The highest BCUT2D eigenvalue weighted by atomic mass is 35.5. The second-order valence-corrected chi connectivity index (χ2v) is 6.52. The van der Waals surface area contributed by atoms with Crippen LogP contribution in [-0.4, -0.2) is 17.4 Å². The maximum Gasteiger partial charge on any atom is 0.261 e. The first-order valence-electron chi connectivity index (χ1n) is 8.04. The number of rotatable bonds is 7. The second kappa shape index (κ2) is 8.79. The van der Waals surface area contributed by atoms with Crippen molar-refractivity contribution in [3.63, 3.8) is 0 Å². The van der Waals surface area contributed by atoms with Gasteiger partial charge in [0, 0.05) is 11.6 Å². The number of benzene rings is 2. The minimum Gasteiger partial charge on any atom is -0.482 e. The van der Waals surface area contributed by atoms with Gasteiger partial charge >= 0.3 is 0 Å². The number of nitrogens with zero attached hydrogens (tertiary/aromatic N) is 1. The fourth-order valence-corrected chi connectivity index (χ4v) is 2.91. The third-order valence-electron chi connectivity index (χ3n) is 3.74. The van der Waals surface area contributed by atoms with Crippen molar-refractivity contribution in [2.45, 2.75) is 13.1 Å². The van der Waals surface area contributed by atoms with Gasteiger partial charge in [-0.1, -0.05) is 53.5 Å². The van der Waals surface area contributed by atoms with E-state index < -0.39 is 0 Å². The van der Waals surface area contributed by atoms with Crippen LogP contribution in [0, 0.1) is 0 Å². The average Bonchev–Trinajstić information content (AvgIpc) is 3.14. The lowest BCUT2D eigenvalue weighted by atomic mass is 10.2. The highest BCUT2D eigenvalue weighted by molar-refractivity contribution is 6.35. The summed E-state index contributed by atoms with van der Waals surface area (Å²) in [6, 6.07) is 18.3. The number of furan rings is 1. The molecule has 0 aliphatic carbocycles. The zero-order valence-corrected chi connectivity index (χ0v) is 15.4. The van der Waals surface area contributed by atoms with Crippen molar-refractivity contribution in [2.75, 3.05) is 6.61 Å². The summed E-state index contributed by atoms with van der Waals surface area (Å²) in [6.45, 7) is 0.686. The standard InChI is InChI=1S/C20H17Cl2NO3/c21-16-8-9-19(18(22)11-16)26-14-20(24)23(13-17-7-4-10-25-17)12-15-5-2-1-3-6-15/h1-11H,12-14H2. The van der Waals surface area contributed by atoms with Crippen LogP contribution in [0.2, 0.25) is 10.0 Å². The van der Waals surface area contributed by atoms with Crippen LogP contribution in [0.1, 0.15) is 11.3 Å². The molecule has 0 aliphatic rings. The summed E-state index contributed by atoms with van der Waals surface area (Å²) in [4.78, 5) is 14.4. The number of halogens is 2. The molecule has 0 aliphatic heterocycles. The van der Waals surface area contributed by atoms with Gasteiger partial charge in [0.25, 0.3) is 5.91 Å². The Kier molecular flexibility index (Phi) is 6.21. The van der Waals surface area contributed by atoms with Gasteiger partial charge in [0.2, 0.25) is 0 Å². The topological polar surface area (TPSA) is 42.7 Å². The van der Waals surface area contributed by atoms with E-state index in [-0.39, 0.29) is 12.5 Å². The Balaban J connectivity index is 1.69. The van der Waals surface area contributed by atoms with Crippen molar-refractivity contribution in [3.8, 4) is 5.75 Å². The van der Waals surface area contributed by atoms with E-state index >= 15 is 0 Å². The summed E-state index contributed by atoms with van der Waals surface area (Å²) in [5.74, 6) is 0.956. The normalized spacial score (nSPS) is 10.5. The lowest BCUT2D eigenvalue weighted by Crippen LogP contribution is -2.34. The number of hydrogen-bond donors (Lipinski definition) is 0. The summed E-state index contributed by atoms with van der Waals surface area (Å²) in [5.41, 5.74) is 1.02. The van der Waals surface area contributed by atoms with E-state index in [1.165, 1.54) is 0 Å². The summed E-state index contributed by atoms with van der Waals surface area (Å²) in [5, 5.41) is 0.878. The average molecular weight is 390 g/mol. The minimum atomic E-state index is -0.170. The second-order valence-electron chi connectivity index (χ2n) is 5.68. The summed E-state index contributed by atoms with van der Waals surface area (Å²) in [6.07, 6.45) is 1.59. The summed E-state index contributed by atoms with van der Waals surface area (Å²) < 4.78 is 11.0. The molecule has 1 aromatic heterocycles. The molecule has 2 aromatic carbocycles. The molecular weight excluding hydrogens is 373 g/mol. The fraction of sp³-hybridized carbons (Fsp3) is 0.150. The van der Waals surface area contributed by atoms with Crippen molar-refractivity contribution in [1.82, 2.24) is 4.90 Å². The molecule has 0 saturated heterocycles. The molecule has 0 bridgehead atoms. The highest BCUT2D eigenvalue weighted by Crippen LogP contribution is 2.27. The van der Waals surface area contributed by atoms with Gasteiger partial charge in [0.15, 0.2) is 6.61 Å². The first-order chi connectivity index (χ1) is 12.6. The summed E-state index contributed by atoms with van der Waals surface area (Å²) >= 11 is 12.0. The molecule has 134 valence electrons. The molecule has 0 atom stereocenters. The van der Waals surface area contributed by atoms with Crippen LogP contribution in [0.4, 0.5) is 0 Å². The fourth-order valence-electron chi connectivity index (χ4n) is 2.45. The molecule has 0 radical (unpaired) electrons. The molecular formula is C20H17Cl2NO3. The van der Waals surface area contributed by atoms with Crippen LogP contribution in [0.3, 0.4) is 0 Å².